The molecule has 1 aliphatic carbocycles. The van der Waals surface area contributed by atoms with Gasteiger partial charge in [0.15, 0.2) is 17.7 Å². The molecule has 0 aromatic heterocycles. The van der Waals surface area contributed by atoms with E-state index in [-0.39, 0.29) is 17.9 Å². The van der Waals surface area contributed by atoms with Gasteiger partial charge in [-0.25, -0.2) is 9.18 Å². The fourth-order valence-electron chi connectivity index (χ4n) is 7.79. The molecule has 5 nitrogen and oxygen atoms in total. The van der Waals surface area contributed by atoms with Gasteiger partial charge in [0.25, 0.3) is 0 Å². The van der Waals surface area contributed by atoms with Gasteiger partial charge in [-0.05, 0) is 143 Å². The molecule has 0 bridgehead atoms. The molecule has 2 aromatic rings. The van der Waals surface area contributed by atoms with Gasteiger partial charge < -0.3 is 19.5 Å². The van der Waals surface area contributed by atoms with E-state index in [0.717, 1.165) is 90.6 Å². The smallest absolute Gasteiger partial charge is 0.340 e. The second-order valence-electron chi connectivity index (χ2n) is 14.6. The van der Waals surface area contributed by atoms with E-state index in [9.17, 15) is 4.79 Å². The van der Waals surface area contributed by atoms with Crippen LogP contribution in [0, 0.1) is 44.3 Å². The minimum absolute atomic E-state index is 0.144. The highest BCUT2D eigenvalue weighted by molar-refractivity contribution is 5.86. The fourth-order valence-corrected chi connectivity index (χ4v) is 7.79. The molecular formula is C37H52FNO4. The normalized spacial score (nSPS) is 22.9. The molecule has 0 saturated heterocycles. The van der Waals surface area contributed by atoms with E-state index in [1.54, 1.807) is 6.07 Å². The highest BCUT2D eigenvalue weighted by Gasteiger charge is 2.40. The summed E-state index contributed by atoms with van der Waals surface area (Å²) in [6.45, 7) is 21.1. The molecule has 43 heavy (non-hydrogen) atoms. The topological polar surface area (TPSA) is 56.8 Å². The Morgan fingerprint density at radius 1 is 1.05 bits per heavy atom. The number of halogens is 1. The van der Waals surface area contributed by atoms with Crippen molar-refractivity contribution in [2.45, 2.75) is 125 Å². The van der Waals surface area contributed by atoms with Crippen LogP contribution in [0.1, 0.15) is 112 Å². The van der Waals surface area contributed by atoms with Gasteiger partial charge in [0.05, 0.1) is 12.2 Å². The maximum atomic E-state index is 15.7. The minimum Gasteiger partial charge on any atom is -0.490 e. The Balaban J connectivity index is 1.72. The molecule has 0 amide bonds. The molecule has 0 spiro atoms. The first kappa shape index (κ1) is 32.0. The summed E-state index contributed by atoms with van der Waals surface area (Å²) in [4.78, 5) is 14.5. The zero-order valence-electron chi connectivity index (χ0n) is 27.8. The lowest BCUT2D eigenvalue weighted by Gasteiger charge is -2.38. The highest BCUT2D eigenvalue weighted by atomic mass is 19.1. The zero-order chi connectivity index (χ0) is 31.2. The van der Waals surface area contributed by atoms with E-state index in [1.165, 1.54) is 11.1 Å². The fraction of sp³-hybridized carbons (Fsp3) is 0.649. The molecule has 4 atom stereocenters. The van der Waals surface area contributed by atoms with E-state index in [4.69, 9.17) is 14.2 Å². The van der Waals surface area contributed by atoms with Gasteiger partial charge in [-0.3, -0.25) is 0 Å². The minimum atomic E-state index is -0.936. The third-order valence-electron chi connectivity index (χ3n) is 10.1. The van der Waals surface area contributed by atoms with E-state index in [2.05, 4.69) is 46.9 Å². The SMILES string of the molecule is Cc1c(-c2c(C)c3c(c(C)c2[C@H](OC(C)(C)C)C(=O)O[C@@H]2C[C@H](C)CC[C@H]2C(C)C)CCNC3)cc(F)c2c1CCCO2. The predicted molar refractivity (Wildman–Crippen MR) is 170 cm³/mol. The second-order valence-corrected chi connectivity index (χ2v) is 14.6. The Bertz CT molecular complexity index is 1370. The number of hydrogen-bond acceptors (Lipinski definition) is 5. The van der Waals surface area contributed by atoms with Crippen molar-refractivity contribution < 1.29 is 23.4 Å². The van der Waals surface area contributed by atoms with Crippen molar-refractivity contribution in [2.75, 3.05) is 13.2 Å². The van der Waals surface area contributed by atoms with Crippen LogP contribution in [0.25, 0.3) is 11.1 Å². The molecule has 2 aromatic carbocycles. The van der Waals surface area contributed by atoms with Crippen molar-refractivity contribution in [3.63, 3.8) is 0 Å². The third kappa shape index (κ3) is 6.38. The summed E-state index contributed by atoms with van der Waals surface area (Å²) in [5.74, 6) is 0.943. The van der Waals surface area contributed by atoms with Crippen LogP contribution in [0.5, 0.6) is 5.75 Å². The summed E-state index contributed by atoms with van der Waals surface area (Å²) >= 11 is 0. The lowest BCUT2D eigenvalue weighted by atomic mass is 9.75. The number of carbonyl (C=O) groups is 1. The Hall–Kier alpha value is -2.44. The first-order valence-corrected chi connectivity index (χ1v) is 16.5. The summed E-state index contributed by atoms with van der Waals surface area (Å²) in [7, 11) is 0. The number of hydrogen-bond donors (Lipinski definition) is 1. The van der Waals surface area contributed by atoms with Gasteiger partial charge in [0.2, 0.25) is 0 Å². The number of carbonyl (C=O) groups excluding carboxylic acids is 1. The Morgan fingerprint density at radius 2 is 1.79 bits per heavy atom. The van der Waals surface area contributed by atoms with Gasteiger partial charge in [0.1, 0.15) is 6.10 Å². The summed E-state index contributed by atoms with van der Waals surface area (Å²) in [5, 5.41) is 3.53. The van der Waals surface area contributed by atoms with E-state index in [1.807, 2.05) is 20.8 Å². The van der Waals surface area contributed by atoms with Crippen molar-refractivity contribution in [1.82, 2.24) is 5.32 Å². The van der Waals surface area contributed by atoms with Crippen LogP contribution in [0.4, 0.5) is 4.39 Å². The third-order valence-corrected chi connectivity index (χ3v) is 10.1. The Morgan fingerprint density at radius 3 is 2.49 bits per heavy atom. The number of ether oxygens (including phenoxy) is 3. The van der Waals surface area contributed by atoms with Crippen molar-refractivity contribution in [3.05, 3.63) is 50.8 Å². The number of benzene rings is 2. The van der Waals surface area contributed by atoms with Crippen molar-refractivity contribution in [1.29, 1.82) is 0 Å². The van der Waals surface area contributed by atoms with Gasteiger partial charge in [0, 0.05) is 17.7 Å². The number of esters is 1. The van der Waals surface area contributed by atoms with Crippen molar-refractivity contribution in [2.24, 2.45) is 17.8 Å². The molecule has 2 aliphatic heterocycles. The van der Waals surface area contributed by atoms with Crippen molar-refractivity contribution in [3.8, 4) is 16.9 Å². The average molecular weight is 594 g/mol. The molecule has 1 saturated carbocycles. The van der Waals surface area contributed by atoms with Gasteiger partial charge in [-0.15, -0.1) is 0 Å². The Labute approximate surface area is 258 Å². The summed E-state index contributed by atoms with van der Waals surface area (Å²) < 4.78 is 34.7. The quantitative estimate of drug-likeness (QED) is 0.342. The predicted octanol–water partition coefficient (Wildman–Crippen LogP) is 8.25. The highest BCUT2D eigenvalue weighted by Crippen LogP contribution is 2.46. The molecule has 6 heteroatoms. The van der Waals surface area contributed by atoms with Gasteiger partial charge in [-0.1, -0.05) is 27.2 Å². The Kier molecular flexibility index (Phi) is 9.30. The van der Waals surface area contributed by atoms with Crippen LogP contribution < -0.4 is 10.1 Å². The summed E-state index contributed by atoms with van der Waals surface area (Å²) in [6.07, 6.45) is 4.50. The van der Waals surface area contributed by atoms with Crippen LogP contribution in [0.2, 0.25) is 0 Å². The molecule has 5 rings (SSSR count). The largest absolute Gasteiger partial charge is 0.490 e. The van der Waals surface area contributed by atoms with Crippen molar-refractivity contribution >= 4 is 5.97 Å². The molecule has 1 fully saturated rings. The molecule has 3 aliphatic rings. The number of rotatable bonds is 6. The van der Waals surface area contributed by atoms with E-state index in [0.29, 0.717) is 30.1 Å². The molecule has 0 unspecified atom stereocenters. The monoisotopic (exact) mass is 593 g/mol. The molecule has 2 heterocycles. The number of nitrogens with one attached hydrogen (secondary N) is 1. The van der Waals surface area contributed by atoms with E-state index >= 15 is 4.39 Å². The maximum absolute atomic E-state index is 15.7. The molecule has 0 radical (unpaired) electrons. The van der Waals surface area contributed by atoms with Crippen LogP contribution in [0.15, 0.2) is 6.07 Å². The zero-order valence-corrected chi connectivity index (χ0v) is 27.8. The lowest BCUT2D eigenvalue weighted by Crippen LogP contribution is -2.39. The standard InChI is InChI=1S/C37H52FNO4/c1-20(2)25-13-12-21(3)17-31(25)42-36(40)35(43-37(7,8)9)33-23(5)26-14-15-39-19-29(26)24(6)32(33)28-18-30(38)34-27(22(28)4)11-10-16-41-34/h18,20-21,25,31,35,39H,10-17,19H2,1-9H3/t21-,25+,31-,35+/m1/s1. The van der Waals surface area contributed by atoms with Gasteiger partial charge >= 0.3 is 5.97 Å². The summed E-state index contributed by atoms with van der Waals surface area (Å²) in [5.41, 5.74) is 8.47. The molecule has 236 valence electrons. The number of fused-ring (bicyclic) bond motifs is 2. The van der Waals surface area contributed by atoms with Crippen LogP contribution in [0.3, 0.4) is 0 Å². The maximum Gasteiger partial charge on any atom is 0.340 e. The second kappa shape index (κ2) is 12.5. The van der Waals surface area contributed by atoms with Crippen LogP contribution in [-0.4, -0.2) is 30.8 Å². The lowest BCUT2D eigenvalue weighted by molar-refractivity contribution is -0.178. The molecule has 1 N–H and O–H groups in total. The van der Waals surface area contributed by atoms with Crippen LogP contribution in [-0.2, 0) is 33.7 Å². The van der Waals surface area contributed by atoms with E-state index < -0.39 is 11.7 Å². The molecular weight excluding hydrogens is 541 g/mol. The van der Waals surface area contributed by atoms with Crippen LogP contribution >= 0.6 is 0 Å². The first-order valence-electron chi connectivity index (χ1n) is 16.5. The first-order chi connectivity index (χ1) is 20.3. The summed E-state index contributed by atoms with van der Waals surface area (Å²) in [6, 6.07) is 1.62. The average Bonchev–Trinajstić information content (AvgIpc) is 2.95. The van der Waals surface area contributed by atoms with Gasteiger partial charge in [-0.2, -0.15) is 0 Å².